The second-order valence-corrected chi connectivity index (χ2v) is 14.9. The van der Waals surface area contributed by atoms with Crippen LogP contribution in [0.5, 0.6) is 0 Å². The van der Waals surface area contributed by atoms with Crippen molar-refractivity contribution in [3.8, 4) is 0 Å². The van der Waals surface area contributed by atoms with E-state index in [9.17, 15) is 37.5 Å². The second kappa shape index (κ2) is 21.1. The molecule has 334 valence electrons. The minimum atomic E-state index is -1.04. The number of hydrogen-bond acceptors (Lipinski definition) is 14. The van der Waals surface area contributed by atoms with Crippen LogP contribution in [0.2, 0.25) is 0 Å². The highest BCUT2D eigenvalue weighted by atomic mass is 19.1. The van der Waals surface area contributed by atoms with Gasteiger partial charge >= 0.3 is 0 Å². The van der Waals surface area contributed by atoms with E-state index in [0.29, 0.717) is 89.8 Å². The van der Waals surface area contributed by atoms with Crippen LogP contribution in [0.25, 0.3) is 0 Å². The summed E-state index contributed by atoms with van der Waals surface area (Å²) in [5.41, 5.74) is 0.703. The first kappa shape index (κ1) is 44.6. The fourth-order valence-corrected chi connectivity index (χ4v) is 7.42. The van der Waals surface area contributed by atoms with Gasteiger partial charge in [0, 0.05) is 24.7 Å². The summed E-state index contributed by atoms with van der Waals surface area (Å²) in [7, 11) is 0. The predicted octanol–water partition coefficient (Wildman–Crippen LogP) is 2.35. The molecule has 4 heterocycles. The van der Waals surface area contributed by atoms with Gasteiger partial charge in [-0.2, -0.15) is 5.10 Å². The highest BCUT2D eigenvalue weighted by Crippen LogP contribution is 2.32. The number of hydrogen-bond donors (Lipinski definition) is 5. The highest BCUT2D eigenvalue weighted by molar-refractivity contribution is 6.25. The molecule has 2 aromatic carbocycles. The third-order valence-electron chi connectivity index (χ3n) is 10.6. The van der Waals surface area contributed by atoms with E-state index >= 15 is 0 Å². The molecule has 0 bridgehead atoms. The predicted molar refractivity (Wildman–Crippen MR) is 215 cm³/mol. The maximum Gasteiger partial charge on any atom is 0.271 e. The number of imide groups is 2. The highest BCUT2D eigenvalue weighted by Gasteiger charge is 2.45. The Balaban J connectivity index is 0.704. The molecule has 0 radical (unpaired) electrons. The minimum Gasteiger partial charge on any atom is -0.382 e. The van der Waals surface area contributed by atoms with Crippen molar-refractivity contribution in [2.45, 2.75) is 69.9 Å². The molecular formula is C41H46F2N10O10. The average Bonchev–Trinajstić information content (AvgIpc) is 3.99. The molecule has 63 heavy (non-hydrogen) atoms. The van der Waals surface area contributed by atoms with Crippen molar-refractivity contribution in [2.75, 3.05) is 56.8 Å². The number of amides is 6. The minimum absolute atomic E-state index is 0.00662. The first-order valence-electron chi connectivity index (χ1n) is 20.5. The number of piperidine rings is 1. The largest absolute Gasteiger partial charge is 0.382 e. The number of nitrogens with zero attached hydrogens (tertiary/aromatic N) is 5. The van der Waals surface area contributed by atoms with Gasteiger partial charge < -0.3 is 34.9 Å². The standard InChI is InChI=1S/C41H46F2N10O10/c42-28-4-2-5-29(43)35(28)38(56)47-31-21-45-50-36(31)39(57)46-24-7-9-26(10-8-24)63-23-25-22-52(51-49-25)14-16-61-18-20-62-19-17-60-15-13-44-30-6-1-3-27-34(30)41(59)53(40(27)58)32-11-12-33(54)48-37(32)55/h1-6,21-22,24,26,32,44H,7-20,23H2,(H,45,50)(H,46,57)(H,47,56)(H,48,54,55). The number of fused-ring (bicyclic) bond motifs is 1. The zero-order valence-corrected chi connectivity index (χ0v) is 34.0. The van der Waals surface area contributed by atoms with Crippen LogP contribution in [-0.4, -0.2) is 130 Å². The van der Waals surface area contributed by atoms with Crippen molar-refractivity contribution in [1.82, 2.24) is 40.7 Å². The fraction of sp³-hybridized carbons (Fsp3) is 0.439. The van der Waals surface area contributed by atoms with Crippen molar-refractivity contribution in [1.29, 1.82) is 0 Å². The Morgan fingerprint density at radius 3 is 2.29 bits per heavy atom. The molecular weight excluding hydrogens is 831 g/mol. The summed E-state index contributed by atoms with van der Waals surface area (Å²) in [5.74, 6) is -5.85. The molecule has 22 heteroatoms. The van der Waals surface area contributed by atoms with Crippen molar-refractivity contribution in [3.05, 3.63) is 88.5 Å². The number of aromatic amines is 1. The Bertz CT molecular complexity index is 2290. The normalized spacial score (nSPS) is 18.6. The number of benzene rings is 2. The summed E-state index contributed by atoms with van der Waals surface area (Å²) in [6.07, 6.45) is 5.75. The van der Waals surface area contributed by atoms with E-state index in [2.05, 4.69) is 41.8 Å². The summed E-state index contributed by atoms with van der Waals surface area (Å²) in [6, 6.07) is 6.76. The molecule has 2 fully saturated rings. The molecule has 1 aliphatic carbocycles. The number of carbonyl (C=O) groups is 6. The molecule has 1 atom stereocenters. The summed E-state index contributed by atoms with van der Waals surface area (Å²) in [5, 5.41) is 25.2. The van der Waals surface area contributed by atoms with Crippen molar-refractivity contribution in [3.63, 3.8) is 0 Å². The molecule has 6 amide bonds. The topological polar surface area (TPSA) is 250 Å². The van der Waals surface area contributed by atoms with Crippen molar-refractivity contribution in [2.24, 2.45) is 0 Å². The molecule has 5 N–H and O–H groups in total. The number of aromatic nitrogens is 5. The molecule has 4 aromatic rings. The molecule has 0 spiro atoms. The van der Waals surface area contributed by atoms with Crippen LogP contribution in [0, 0.1) is 11.6 Å². The van der Waals surface area contributed by atoms with Gasteiger partial charge in [0.15, 0.2) is 0 Å². The third kappa shape index (κ3) is 11.1. The second-order valence-electron chi connectivity index (χ2n) is 14.9. The van der Waals surface area contributed by atoms with Gasteiger partial charge in [0.05, 0.1) is 88.1 Å². The number of nitrogens with one attached hydrogen (secondary N) is 5. The molecule has 20 nitrogen and oxygen atoms in total. The monoisotopic (exact) mass is 876 g/mol. The van der Waals surface area contributed by atoms with Crippen LogP contribution in [0.4, 0.5) is 20.2 Å². The Morgan fingerprint density at radius 2 is 1.54 bits per heavy atom. The van der Waals surface area contributed by atoms with Crippen molar-refractivity contribution >= 4 is 46.8 Å². The van der Waals surface area contributed by atoms with Gasteiger partial charge in [-0.05, 0) is 56.4 Å². The maximum atomic E-state index is 14.1. The Hall–Kier alpha value is -6.49. The van der Waals surface area contributed by atoms with E-state index in [1.54, 1.807) is 23.0 Å². The SMILES string of the molecule is O=C1CCC(N2C(=O)c3cccc(NCCOCCOCCOCCn4cc(COC5CCC(NC(=O)c6[nH]ncc6NC(=O)c6c(F)cccc6F)CC5)nn4)c3C2=O)C(=O)N1. The van der Waals surface area contributed by atoms with Crippen LogP contribution in [0.3, 0.4) is 0 Å². The Labute approximate surface area is 358 Å². The lowest BCUT2D eigenvalue weighted by Crippen LogP contribution is -2.54. The maximum absolute atomic E-state index is 14.1. The third-order valence-corrected chi connectivity index (χ3v) is 10.6. The first-order valence-corrected chi connectivity index (χ1v) is 20.5. The van der Waals surface area contributed by atoms with Crippen LogP contribution < -0.4 is 21.3 Å². The van der Waals surface area contributed by atoms with Crippen LogP contribution in [-0.2, 0) is 41.7 Å². The van der Waals surface area contributed by atoms with Gasteiger partial charge in [0.1, 0.15) is 34.6 Å². The van der Waals surface area contributed by atoms with E-state index < -0.39 is 58.7 Å². The van der Waals surface area contributed by atoms with Gasteiger partial charge in [-0.15, -0.1) is 5.10 Å². The van der Waals surface area contributed by atoms with Crippen LogP contribution in [0.1, 0.15) is 85.8 Å². The number of halogens is 2. The summed E-state index contributed by atoms with van der Waals surface area (Å²) < 4.78 is 52.7. The molecule has 2 aromatic heterocycles. The van der Waals surface area contributed by atoms with Crippen LogP contribution in [0.15, 0.2) is 48.8 Å². The van der Waals surface area contributed by atoms with E-state index in [1.807, 2.05) is 0 Å². The Kier molecular flexibility index (Phi) is 14.9. The van der Waals surface area contributed by atoms with Gasteiger partial charge in [0.25, 0.3) is 23.6 Å². The molecule has 1 saturated heterocycles. The summed E-state index contributed by atoms with van der Waals surface area (Å²) >= 11 is 0. The fourth-order valence-electron chi connectivity index (χ4n) is 7.42. The average molecular weight is 877 g/mol. The van der Waals surface area contributed by atoms with E-state index in [-0.39, 0.29) is 54.1 Å². The Morgan fingerprint density at radius 1 is 0.825 bits per heavy atom. The van der Waals surface area contributed by atoms with E-state index in [1.165, 1.54) is 12.3 Å². The van der Waals surface area contributed by atoms with Gasteiger partial charge in [0.2, 0.25) is 11.8 Å². The van der Waals surface area contributed by atoms with Crippen molar-refractivity contribution < 1.29 is 56.5 Å². The summed E-state index contributed by atoms with van der Waals surface area (Å²) in [6.45, 7) is 3.21. The lowest BCUT2D eigenvalue weighted by atomic mass is 9.93. The number of anilines is 2. The zero-order valence-electron chi connectivity index (χ0n) is 34.0. The lowest BCUT2D eigenvalue weighted by molar-refractivity contribution is -0.136. The molecule has 3 aliphatic rings. The lowest BCUT2D eigenvalue weighted by Gasteiger charge is -2.28. The molecule has 7 rings (SSSR count). The molecule has 1 saturated carbocycles. The number of carbonyl (C=O) groups excluding carboxylic acids is 6. The van der Waals surface area contributed by atoms with Gasteiger partial charge in [-0.25, -0.2) is 13.5 Å². The summed E-state index contributed by atoms with van der Waals surface area (Å²) in [4.78, 5) is 76.5. The first-order chi connectivity index (χ1) is 30.6. The van der Waals surface area contributed by atoms with E-state index in [4.69, 9.17) is 18.9 Å². The number of rotatable bonds is 21. The molecule has 1 unspecified atom stereocenters. The molecule has 2 aliphatic heterocycles. The van der Waals surface area contributed by atoms with Gasteiger partial charge in [-0.1, -0.05) is 17.3 Å². The van der Waals surface area contributed by atoms with E-state index in [0.717, 1.165) is 23.1 Å². The zero-order chi connectivity index (χ0) is 44.3. The van der Waals surface area contributed by atoms with Crippen LogP contribution >= 0.6 is 0 Å². The smallest absolute Gasteiger partial charge is 0.271 e. The van der Waals surface area contributed by atoms with Gasteiger partial charge in [-0.3, -0.25) is 44.1 Å². The number of H-pyrrole nitrogens is 1. The quantitative estimate of drug-likeness (QED) is 0.0596. The number of ether oxygens (including phenoxy) is 4.